The van der Waals surface area contributed by atoms with Crippen molar-refractivity contribution in [3.8, 4) is 0 Å². The van der Waals surface area contributed by atoms with Crippen LogP contribution in [0.1, 0.15) is 55.0 Å². The second kappa shape index (κ2) is 6.34. The zero-order chi connectivity index (χ0) is 17.4. The Bertz CT molecular complexity index is 718. The van der Waals surface area contributed by atoms with Crippen LogP contribution < -0.4 is 0 Å². The van der Waals surface area contributed by atoms with Crippen LogP contribution in [-0.2, 0) is 33.5 Å². The van der Waals surface area contributed by atoms with Crippen molar-refractivity contribution in [3.63, 3.8) is 0 Å². The minimum atomic E-state index is -0.00227. The van der Waals surface area contributed by atoms with Crippen molar-refractivity contribution < 1.29 is 9.47 Å². The van der Waals surface area contributed by atoms with Crippen LogP contribution in [-0.4, -0.2) is 14.2 Å². The number of fused-ring (bicyclic) bond motifs is 1. The van der Waals surface area contributed by atoms with Crippen molar-refractivity contribution in [2.45, 2.75) is 51.2 Å². The predicted molar refractivity (Wildman–Crippen MR) is 98.4 cm³/mol. The van der Waals surface area contributed by atoms with Crippen molar-refractivity contribution >= 4 is 0 Å². The lowest BCUT2D eigenvalue weighted by molar-refractivity contribution is 0.180. The average molecular weight is 324 g/mol. The first-order valence-electron chi connectivity index (χ1n) is 8.63. The highest BCUT2D eigenvalue weighted by Gasteiger charge is 2.48. The topological polar surface area (TPSA) is 18.5 Å². The van der Waals surface area contributed by atoms with Gasteiger partial charge in [-0.25, -0.2) is 0 Å². The molecule has 128 valence electrons. The molecule has 1 aliphatic rings. The third-order valence-electron chi connectivity index (χ3n) is 5.41. The minimum Gasteiger partial charge on any atom is -0.380 e. The molecule has 24 heavy (non-hydrogen) atoms. The molecule has 0 fully saturated rings. The summed E-state index contributed by atoms with van der Waals surface area (Å²) in [6.45, 7) is 8.40. The van der Waals surface area contributed by atoms with Gasteiger partial charge in [-0.15, -0.1) is 0 Å². The lowest BCUT2D eigenvalue weighted by atomic mass is 9.74. The summed E-state index contributed by atoms with van der Waals surface area (Å²) in [6, 6.07) is 15.3. The van der Waals surface area contributed by atoms with Crippen LogP contribution in [0.2, 0.25) is 0 Å². The standard InChI is InChI=1S/C22H28O2/c1-21(2)15-22(3,18-9-7-6-8-10-18)20-17(14-24-5)12-11-16(13-23-4)19(20)21/h6-12H,13-15H2,1-5H3. The summed E-state index contributed by atoms with van der Waals surface area (Å²) < 4.78 is 11.0. The van der Waals surface area contributed by atoms with E-state index in [1.54, 1.807) is 14.2 Å². The summed E-state index contributed by atoms with van der Waals surface area (Å²) >= 11 is 0. The monoisotopic (exact) mass is 324 g/mol. The molecule has 0 radical (unpaired) electrons. The summed E-state index contributed by atoms with van der Waals surface area (Å²) in [5.74, 6) is 0. The highest BCUT2D eigenvalue weighted by atomic mass is 16.5. The maximum Gasteiger partial charge on any atom is 0.0716 e. The Morgan fingerprint density at radius 1 is 0.792 bits per heavy atom. The van der Waals surface area contributed by atoms with E-state index in [2.05, 4.69) is 63.2 Å². The van der Waals surface area contributed by atoms with Gasteiger partial charge in [-0.05, 0) is 39.7 Å². The SMILES string of the molecule is COCc1ccc(COC)c2c1C(C)(C)CC2(C)c1ccccc1. The average Bonchev–Trinajstić information content (AvgIpc) is 2.79. The van der Waals surface area contributed by atoms with Crippen LogP contribution in [0.5, 0.6) is 0 Å². The summed E-state index contributed by atoms with van der Waals surface area (Å²) in [4.78, 5) is 0. The highest BCUT2D eigenvalue weighted by molar-refractivity contribution is 5.58. The number of rotatable bonds is 5. The van der Waals surface area contributed by atoms with Gasteiger partial charge >= 0.3 is 0 Å². The quantitative estimate of drug-likeness (QED) is 0.773. The van der Waals surface area contributed by atoms with Crippen LogP contribution in [0.4, 0.5) is 0 Å². The third kappa shape index (κ3) is 2.68. The molecule has 2 nitrogen and oxygen atoms in total. The normalized spacial score (nSPS) is 21.7. The Hall–Kier alpha value is -1.64. The Kier molecular flexibility index (Phi) is 4.54. The number of methoxy groups -OCH3 is 2. The first-order valence-corrected chi connectivity index (χ1v) is 8.63. The number of hydrogen-bond acceptors (Lipinski definition) is 2. The van der Waals surface area contributed by atoms with Gasteiger partial charge < -0.3 is 9.47 Å². The van der Waals surface area contributed by atoms with Gasteiger partial charge in [0.2, 0.25) is 0 Å². The molecule has 0 heterocycles. The van der Waals surface area contributed by atoms with Gasteiger partial charge in [0.15, 0.2) is 0 Å². The van der Waals surface area contributed by atoms with Crippen molar-refractivity contribution in [2.75, 3.05) is 14.2 Å². The minimum absolute atomic E-state index is 0.00227. The largest absolute Gasteiger partial charge is 0.380 e. The molecule has 0 bridgehead atoms. The summed E-state index contributed by atoms with van der Waals surface area (Å²) in [6.07, 6.45) is 1.09. The summed E-state index contributed by atoms with van der Waals surface area (Å²) in [7, 11) is 3.54. The molecular weight excluding hydrogens is 296 g/mol. The van der Waals surface area contributed by atoms with E-state index in [-0.39, 0.29) is 10.8 Å². The lowest BCUT2D eigenvalue weighted by Crippen LogP contribution is -2.24. The van der Waals surface area contributed by atoms with E-state index in [1.165, 1.54) is 27.8 Å². The molecular formula is C22H28O2. The lowest BCUT2D eigenvalue weighted by Gasteiger charge is -2.29. The molecule has 0 spiro atoms. The molecule has 3 rings (SSSR count). The van der Waals surface area contributed by atoms with Crippen LogP contribution in [0, 0.1) is 0 Å². The summed E-state index contributed by atoms with van der Waals surface area (Å²) in [5, 5.41) is 0. The molecule has 1 unspecified atom stereocenters. The van der Waals surface area contributed by atoms with Gasteiger partial charge in [0.1, 0.15) is 0 Å². The number of benzene rings is 2. The molecule has 0 N–H and O–H groups in total. The molecule has 0 saturated heterocycles. The van der Waals surface area contributed by atoms with Crippen molar-refractivity contribution in [1.82, 2.24) is 0 Å². The number of ether oxygens (including phenoxy) is 2. The molecule has 0 aliphatic heterocycles. The highest BCUT2D eigenvalue weighted by Crippen LogP contribution is 2.55. The second-order valence-electron chi connectivity index (χ2n) is 7.76. The first-order chi connectivity index (χ1) is 11.4. The van der Waals surface area contributed by atoms with E-state index >= 15 is 0 Å². The molecule has 2 aromatic rings. The van der Waals surface area contributed by atoms with Crippen molar-refractivity contribution in [3.05, 3.63) is 70.3 Å². The molecule has 2 heteroatoms. The van der Waals surface area contributed by atoms with Crippen LogP contribution in [0.15, 0.2) is 42.5 Å². The van der Waals surface area contributed by atoms with Gasteiger partial charge in [-0.2, -0.15) is 0 Å². The van der Waals surface area contributed by atoms with Crippen LogP contribution in [0.3, 0.4) is 0 Å². The maximum absolute atomic E-state index is 5.52. The molecule has 0 aromatic heterocycles. The molecule has 0 amide bonds. The van der Waals surface area contributed by atoms with Gasteiger partial charge in [0.05, 0.1) is 13.2 Å². The van der Waals surface area contributed by atoms with E-state index in [4.69, 9.17) is 9.47 Å². The van der Waals surface area contributed by atoms with E-state index in [0.29, 0.717) is 13.2 Å². The van der Waals surface area contributed by atoms with Gasteiger partial charge in [-0.1, -0.05) is 63.2 Å². The second-order valence-corrected chi connectivity index (χ2v) is 7.76. The Labute approximate surface area is 145 Å². The van der Waals surface area contributed by atoms with Gasteiger partial charge in [0.25, 0.3) is 0 Å². The van der Waals surface area contributed by atoms with Crippen molar-refractivity contribution in [2.24, 2.45) is 0 Å². The molecule has 2 aromatic carbocycles. The van der Waals surface area contributed by atoms with Gasteiger partial charge in [-0.3, -0.25) is 0 Å². The molecule has 0 saturated carbocycles. The fourth-order valence-corrected chi connectivity index (χ4v) is 4.76. The Morgan fingerprint density at radius 2 is 1.33 bits per heavy atom. The maximum atomic E-state index is 5.52. The Morgan fingerprint density at radius 3 is 1.88 bits per heavy atom. The zero-order valence-corrected chi connectivity index (χ0v) is 15.5. The van der Waals surface area contributed by atoms with E-state index < -0.39 is 0 Å². The van der Waals surface area contributed by atoms with Crippen LogP contribution >= 0.6 is 0 Å². The van der Waals surface area contributed by atoms with E-state index in [0.717, 1.165) is 6.42 Å². The fraction of sp³-hybridized carbons (Fsp3) is 0.455. The number of hydrogen-bond donors (Lipinski definition) is 0. The smallest absolute Gasteiger partial charge is 0.0716 e. The Balaban J connectivity index is 2.29. The molecule has 1 atom stereocenters. The fourth-order valence-electron chi connectivity index (χ4n) is 4.76. The van der Waals surface area contributed by atoms with Crippen molar-refractivity contribution in [1.29, 1.82) is 0 Å². The van der Waals surface area contributed by atoms with Gasteiger partial charge in [0, 0.05) is 19.6 Å². The predicted octanol–water partition coefficient (Wildman–Crippen LogP) is 4.97. The van der Waals surface area contributed by atoms with E-state index in [1.807, 2.05) is 0 Å². The van der Waals surface area contributed by atoms with E-state index in [9.17, 15) is 0 Å². The first kappa shape index (κ1) is 17.2. The molecule has 1 aliphatic carbocycles. The third-order valence-corrected chi connectivity index (χ3v) is 5.41. The summed E-state index contributed by atoms with van der Waals surface area (Å²) in [5.41, 5.74) is 6.97. The zero-order valence-electron chi connectivity index (χ0n) is 15.5. The van der Waals surface area contributed by atoms with Crippen LogP contribution in [0.25, 0.3) is 0 Å².